The van der Waals surface area contributed by atoms with Crippen LogP contribution in [0.3, 0.4) is 0 Å². The zero-order valence-corrected chi connectivity index (χ0v) is 22.0. The largest absolute Gasteiger partial charge is 1.00 e. The van der Waals surface area contributed by atoms with Crippen LogP contribution in [0.25, 0.3) is 0 Å². The van der Waals surface area contributed by atoms with Crippen molar-refractivity contribution in [2.24, 2.45) is 0 Å². The van der Waals surface area contributed by atoms with Gasteiger partial charge in [-0.25, -0.2) is 0 Å². The van der Waals surface area contributed by atoms with E-state index in [1.54, 1.807) is 0 Å². The molecule has 33 heavy (non-hydrogen) atoms. The van der Waals surface area contributed by atoms with E-state index in [4.69, 9.17) is 9.90 Å². The van der Waals surface area contributed by atoms with Crippen molar-refractivity contribution in [1.29, 1.82) is 0 Å². The fraction of sp³-hybridized carbons (Fsp3) is 0.259. The Morgan fingerprint density at radius 3 is 1.48 bits per heavy atom. The molecular formula is C27H31AgNO3P. The van der Waals surface area contributed by atoms with Crippen molar-refractivity contribution in [2.45, 2.75) is 46.7 Å². The molecule has 0 spiro atoms. The summed E-state index contributed by atoms with van der Waals surface area (Å²) < 4.78 is 0. The predicted octanol–water partition coefficient (Wildman–Crippen LogP) is 3.46. The molecular weight excluding hydrogens is 525 g/mol. The molecule has 0 aliphatic heterocycles. The van der Waals surface area contributed by atoms with Gasteiger partial charge in [0.25, 0.3) is 5.91 Å². The van der Waals surface area contributed by atoms with Gasteiger partial charge in [0.05, 0.1) is 0 Å². The summed E-state index contributed by atoms with van der Waals surface area (Å²) >= 11 is 0. The van der Waals surface area contributed by atoms with Crippen molar-refractivity contribution in [3.05, 3.63) is 90.5 Å². The number of carboxylic acid groups (broad SMARTS) is 1. The molecule has 0 saturated carbocycles. The molecule has 3 rings (SSSR count). The first kappa shape index (κ1) is 28.8. The molecule has 0 unspecified atom stereocenters. The minimum atomic E-state index is -1.08. The second-order valence-electron chi connectivity index (χ2n) is 7.92. The Labute approximate surface area is 214 Å². The predicted molar refractivity (Wildman–Crippen MR) is 132 cm³/mol. The van der Waals surface area contributed by atoms with Crippen LogP contribution in [-0.2, 0) is 27.2 Å². The summed E-state index contributed by atoms with van der Waals surface area (Å²) in [6, 6.07) is 29.5. The third kappa shape index (κ3) is 8.24. The van der Waals surface area contributed by atoms with Crippen LogP contribution in [0.5, 0.6) is 0 Å². The topological polar surface area (TPSA) is 60.4 Å². The molecule has 1 amide bonds. The molecule has 3 aromatic carbocycles. The number of benzene rings is 3. The number of amides is 1. The van der Waals surface area contributed by atoms with Crippen LogP contribution >= 0.6 is 7.92 Å². The first-order valence-electron chi connectivity index (χ1n) is 10.7. The van der Waals surface area contributed by atoms with E-state index in [2.05, 4.69) is 82.3 Å². The summed E-state index contributed by atoms with van der Waals surface area (Å²) in [5.41, 5.74) is 0.809. The normalized spacial score (nSPS) is 10.3. The molecule has 0 heterocycles. The number of carbonyl (C=O) groups excluding carboxylic acids is 2. The Bertz CT molecular complexity index is 959. The van der Waals surface area contributed by atoms with Crippen LogP contribution in [-0.4, -0.2) is 28.9 Å². The van der Waals surface area contributed by atoms with E-state index >= 15 is 0 Å². The van der Waals surface area contributed by atoms with E-state index in [-0.39, 0.29) is 40.4 Å². The SMILES string of the molecule is CC(=O)[O-].CC(C)N(C(=O)c1ccccc1P(c1ccccc1)c1ccccc1)C(C)C.[Ag+]. The Balaban J connectivity index is 0.00000101. The van der Waals surface area contributed by atoms with Gasteiger partial charge in [-0.05, 0) is 64.5 Å². The standard InChI is InChI=1S/C25H28NOP.C2H4O2.Ag/c1-19(2)26(20(3)4)25(27)23-17-11-12-18-24(23)28(21-13-7-5-8-14-21)22-15-9-6-10-16-22;1-2(3)4;/h5-20H,1-4H3;1H3,(H,3,4);/q;;+1/p-1. The van der Waals surface area contributed by atoms with E-state index in [1.807, 2.05) is 35.2 Å². The van der Waals surface area contributed by atoms with Gasteiger partial charge in [0, 0.05) is 23.6 Å². The molecule has 0 saturated heterocycles. The van der Waals surface area contributed by atoms with Gasteiger partial charge in [0.1, 0.15) is 0 Å². The number of hydrogen-bond donors (Lipinski definition) is 0. The molecule has 0 N–H and O–H groups in total. The average molecular weight is 556 g/mol. The molecule has 0 radical (unpaired) electrons. The summed E-state index contributed by atoms with van der Waals surface area (Å²) in [6.45, 7) is 9.30. The van der Waals surface area contributed by atoms with Crippen molar-refractivity contribution in [3.8, 4) is 0 Å². The minimum absolute atomic E-state index is 0. The maximum Gasteiger partial charge on any atom is 1.00 e. The Hall–Kier alpha value is -2.23. The van der Waals surface area contributed by atoms with Crippen LogP contribution < -0.4 is 21.0 Å². The number of carbonyl (C=O) groups is 2. The van der Waals surface area contributed by atoms with E-state index in [9.17, 15) is 4.79 Å². The summed E-state index contributed by atoms with van der Waals surface area (Å²) in [7, 11) is -0.810. The fourth-order valence-corrected chi connectivity index (χ4v) is 6.08. The monoisotopic (exact) mass is 555 g/mol. The van der Waals surface area contributed by atoms with Crippen molar-refractivity contribution >= 4 is 35.7 Å². The third-order valence-corrected chi connectivity index (χ3v) is 7.25. The van der Waals surface area contributed by atoms with E-state index < -0.39 is 13.9 Å². The summed E-state index contributed by atoms with van der Waals surface area (Å²) in [5.74, 6) is -0.972. The molecule has 0 fully saturated rings. The van der Waals surface area contributed by atoms with Gasteiger partial charge in [-0.1, -0.05) is 78.9 Å². The van der Waals surface area contributed by atoms with Crippen molar-refractivity contribution in [2.75, 3.05) is 0 Å². The molecule has 6 heteroatoms. The fourth-order valence-electron chi connectivity index (χ4n) is 3.64. The third-order valence-electron chi connectivity index (χ3n) is 4.75. The first-order chi connectivity index (χ1) is 15.2. The van der Waals surface area contributed by atoms with Crippen molar-refractivity contribution in [1.82, 2.24) is 4.90 Å². The Kier molecular flexibility index (Phi) is 12.3. The van der Waals surface area contributed by atoms with Crippen LogP contribution in [0, 0.1) is 0 Å². The van der Waals surface area contributed by atoms with Crippen LogP contribution in [0.2, 0.25) is 0 Å². The summed E-state index contributed by atoms with van der Waals surface area (Å²) in [4.78, 5) is 24.4. The summed E-state index contributed by atoms with van der Waals surface area (Å²) in [6.07, 6.45) is 0. The molecule has 178 valence electrons. The molecule has 0 aliphatic rings. The second-order valence-corrected chi connectivity index (χ2v) is 10.1. The van der Waals surface area contributed by atoms with Crippen molar-refractivity contribution in [3.63, 3.8) is 0 Å². The maximum atomic E-state index is 13.6. The molecule has 0 atom stereocenters. The molecule has 4 nitrogen and oxygen atoms in total. The average Bonchev–Trinajstić information content (AvgIpc) is 2.75. The van der Waals surface area contributed by atoms with E-state index in [1.165, 1.54) is 10.6 Å². The quantitative estimate of drug-likeness (QED) is 0.346. The van der Waals surface area contributed by atoms with Crippen LogP contribution in [0.15, 0.2) is 84.9 Å². The first-order valence-corrected chi connectivity index (χ1v) is 12.1. The van der Waals surface area contributed by atoms with Gasteiger partial charge >= 0.3 is 22.4 Å². The minimum Gasteiger partial charge on any atom is -0.550 e. The van der Waals surface area contributed by atoms with Gasteiger partial charge in [-0.2, -0.15) is 0 Å². The molecule has 0 aromatic heterocycles. The van der Waals surface area contributed by atoms with Gasteiger partial charge in [-0.3, -0.25) is 4.79 Å². The number of aliphatic carboxylic acids is 1. The molecule has 0 bridgehead atoms. The molecule has 3 aromatic rings. The number of carboxylic acids is 1. The van der Waals surface area contributed by atoms with Gasteiger partial charge in [0.15, 0.2) is 0 Å². The number of rotatable bonds is 6. The van der Waals surface area contributed by atoms with Crippen LogP contribution in [0.4, 0.5) is 0 Å². The molecule has 0 aliphatic carbocycles. The zero-order valence-electron chi connectivity index (χ0n) is 19.7. The zero-order chi connectivity index (χ0) is 23.7. The summed E-state index contributed by atoms with van der Waals surface area (Å²) in [5, 5.41) is 12.5. The van der Waals surface area contributed by atoms with Gasteiger partial charge in [-0.15, -0.1) is 0 Å². The van der Waals surface area contributed by atoms with E-state index in [0.29, 0.717) is 0 Å². The Morgan fingerprint density at radius 2 is 1.09 bits per heavy atom. The van der Waals surface area contributed by atoms with E-state index in [0.717, 1.165) is 17.8 Å². The number of nitrogens with zero attached hydrogens (tertiary/aromatic N) is 1. The second kappa shape index (κ2) is 14.1. The Morgan fingerprint density at radius 1 is 0.727 bits per heavy atom. The van der Waals surface area contributed by atoms with Crippen molar-refractivity contribution < 1.29 is 37.1 Å². The maximum absolute atomic E-state index is 13.6. The van der Waals surface area contributed by atoms with Gasteiger partial charge < -0.3 is 14.8 Å². The van der Waals surface area contributed by atoms with Gasteiger partial charge in [0.2, 0.25) is 0 Å². The smallest absolute Gasteiger partial charge is 0.550 e. The number of hydrogen-bond acceptors (Lipinski definition) is 3. The van der Waals surface area contributed by atoms with Crippen LogP contribution in [0.1, 0.15) is 45.0 Å².